The molecule has 0 saturated heterocycles. The summed E-state index contributed by atoms with van der Waals surface area (Å²) in [5, 5.41) is 9.91. The van der Waals surface area contributed by atoms with Crippen LogP contribution in [-0.4, -0.2) is 23.0 Å². The molecule has 0 radical (unpaired) electrons. The van der Waals surface area contributed by atoms with Crippen LogP contribution in [0.5, 0.6) is 0 Å². The van der Waals surface area contributed by atoms with Gasteiger partial charge in [0.25, 0.3) is 0 Å². The molecular weight excluding hydrogens is 269 g/mol. The number of alkyl halides is 3. The van der Waals surface area contributed by atoms with E-state index in [4.69, 9.17) is 0 Å². The normalized spacial score (nSPS) is 16.3. The summed E-state index contributed by atoms with van der Waals surface area (Å²) in [5.41, 5.74) is -1.46. The first-order chi connectivity index (χ1) is 9.10. The topological polar surface area (TPSA) is 37.3 Å². The van der Waals surface area contributed by atoms with Gasteiger partial charge in [-0.1, -0.05) is 13.8 Å². The van der Waals surface area contributed by atoms with Crippen molar-refractivity contribution in [3.05, 3.63) is 11.8 Å². The number of ketones is 1. The molecule has 0 aliphatic heterocycles. The Hall–Kier alpha value is -1.00. The number of carbonyl (C=O) groups is 1. The Morgan fingerprint density at radius 1 is 1.20 bits per heavy atom. The van der Waals surface area contributed by atoms with Crippen LogP contribution in [0.15, 0.2) is 11.8 Å². The number of hydrogen-bond acceptors (Lipinski definition) is 2. The van der Waals surface area contributed by atoms with E-state index in [-0.39, 0.29) is 12.2 Å². The molecule has 2 nitrogen and oxygen atoms in total. The summed E-state index contributed by atoms with van der Waals surface area (Å²) in [6, 6.07) is 0. The van der Waals surface area contributed by atoms with Gasteiger partial charge in [-0.2, -0.15) is 0 Å². The molecule has 0 bridgehead atoms. The Labute approximate surface area is 119 Å². The predicted molar refractivity (Wildman–Crippen MR) is 73.7 cm³/mol. The van der Waals surface area contributed by atoms with Crippen LogP contribution in [0, 0.1) is 11.8 Å². The van der Waals surface area contributed by atoms with Gasteiger partial charge >= 0.3 is 0 Å². The number of allylic oxidation sites excluding steroid dienone is 2. The highest BCUT2D eigenvalue weighted by Crippen LogP contribution is 2.27. The van der Waals surface area contributed by atoms with Crippen molar-refractivity contribution in [3.63, 3.8) is 0 Å². The minimum absolute atomic E-state index is 0.0880. The molecule has 0 aromatic heterocycles. The highest BCUT2D eigenvalue weighted by Gasteiger charge is 2.26. The third kappa shape index (κ3) is 7.56. The fourth-order valence-electron chi connectivity index (χ4n) is 2.12. The van der Waals surface area contributed by atoms with Crippen molar-refractivity contribution in [2.24, 2.45) is 11.8 Å². The van der Waals surface area contributed by atoms with Crippen LogP contribution in [0.3, 0.4) is 0 Å². The van der Waals surface area contributed by atoms with Crippen molar-refractivity contribution in [1.29, 1.82) is 0 Å². The van der Waals surface area contributed by atoms with E-state index in [0.29, 0.717) is 12.8 Å². The SMILES string of the molecule is CCC(CC(F)F)C(=O)/C=C(\O)C(CC)CC(C)(C)F. The second-order valence-electron chi connectivity index (χ2n) is 5.73. The molecule has 0 aliphatic carbocycles. The first-order valence-corrected chi connectivity index (χ1v) is 7.02. The van der Waals surface area contributed by atoms with Crippen LogP contribution in [-0.2, 0) is 4.79 Å². The van der Waals surface area contributed by atoms with Gasteiger partial charge in [-0.25, -0.2) is 13.2 Å². The summed E-state index contributed by atoms with van der Waals surface area (Å²) in [5.74, 6) is -1.99. The summed E-state index contributed by atoms with van der Waals surface area (Å²) < 4.78 is 38.3. The number of aliphatic hydroxyl groups is 1. The first kappa shape index (κ1) is 19.0. The van der Waals surface area contributed by atoms with Crippen molar-refractivity contribution in [2.45, 2.75) is 65.5 Å². The minimum atomic E-state index is -2.55. The Morgan fingerprint density at radius 3 is 2.05 bits per heavy atom. The molecule has 0 aliphatic rings. The third-order valence-electron chi connectivity index (χ3n) is 3.29. The zero-order valence-electron chi connectivity index (χ0n) is 12.6. The Bertz CT molecular complexity index is 333. The van der Waals surface area contributed by atoms with Gasteiger partial charge in [0.15, 0.2) is 5.78 Å². The van der Waals surface area contributed by atoms with Crippen LogP contribution >= 0.6 is 0 Å². The lowest BCUT2D eigenvalue weighted by Crippen LogP contribution is -2.21. The molecule has 0 fully saturated rings. The molecule has 0 amide bonds. The number of aliphatic hydroxyl groups excluding tert-OH is 1. The van der Waals surface area contributed by atoms with Crippen molar-refractivity contribution in [1.82, 2.24) is 0 Å². The number of hydrogen-bond donors (Lipinski definition) is 1. The summed E-state index contributed by atoms with van der Waals surface area (Å²) in [4.78, 5) is 11.8. The van der Waals surface area contributed by atoms with Gasteiger partial charge in [-0.3, -0.25) is 4.79 Å². The second kappa shape index (κ2) is 8.32. The van der Waals surface area contributed by atoms with Crippen LogP contribution in [0.4, 0.5) is 13.2 Å². The molecule has 0 aromatic rings. The molecule has 0 spiro atoms. The number of carbonyl (C=O) groups excluding carboxylic acids is 1. The highest BCUT2D eigenvalue weighted by atomic mass is 19.3. The molecule has 2 unspecified atom stereocenters. The standard InChI is InChI=1S/C15H25F3O2/c1-5-10(7-14(16)17)12(19)8-13(20)11(6-2)9-15(3,4)18/h8,10-11,14,20H,5-7,9H2,1-4H3/b13-8-. The van der Waals surface area contributed by atoms with Gasteiger partial charge in [0.2, 0.25) is 6.43 Å². The average Bonchev–Trinajstić information content (AvgIpc) is 2.31. The quantitative estimate of drug-likeness (QED) is 0.488. The zero-order chi connectivity index (χ0) is 15.9. The van der Waals surface area contributed by atoms with Gasteiger partial charge in [0.05, 0.1) is 5.76 Å². The predicted octanol–water partition coefficient (Wildman–Crippen LogP) is 4.84. The Kier molecular flexibility index (Phi) is 7.91. The van der Waals surface area contributed by atoms with E-state index < -0.39 is 36.1 Å². The lowest BCUT2D eigenvalue weighted by atomic mass is 9.89. The van der Waals surface area contributed by atoms with Gasteiger partial charge in [-0.15, -0.1) is 0 Å². The van der Waals surface area contributed by atoms with Crippen LogP contribution in [0.25, 0.3) is 0 Å². The maximum absolute atomic E-state index is 13.6. The van der Waals surface area contributed by atoms with Crippen molar-refractivity contribution < 1.29 is 23.1 Å². The van der Waals surface area contributed by atoms with Crippen LogP contribution in [0.2, 0.25) is 0 Å². The van der Waals surface area contributed by atoms with Gasteiger partial charge in [0, 0.05) is 24.3 Å². The monoisotopic (exact) mass is 294 g/mol. The molecule has 5 heteroatoms. The molecule has 1 N–H and O–H groups in total. The lowest BCUT2D eigenvalue weighted by Gasteiger charge is -2.21. The van der Waals surface area contributed by atoms with E-state index >= 15 is 0 Å². The van der Waals surface area contributed by atoms with Gasteiger partial charge in [0.1, 0.15) is 5.67 Å². The maximum Gasteiger partial charge on any atom is 0.239 e. The zero-order valence-corrected chi connectivity index (χ0v) is 12.6. The molecule has 2 atom stereocenters. The summed E-state index contributed by atoms with van der Waals surface area (Å²) in [6.07, 6.45) is -1.20. The number of rotatable bonds is 9. The Morgan fingerprint density at radius 2 is 1.70 bits per heavy atom. The van der Waals surface area contributed by atoms with Crippen molar-refractivity contribution in [2.75, 3.05) is 0 Å². The minimum Gasteiger partial charge on any atom is -0.512 e. The molecule has 0 heterocycles. The molecule has 0 rings (SSSR count). The van der Waals surface area contributed by atoms with Gasteiger partial charge < -0.3 is 5.11 Å². The largest absolute Gasteiger partial charge is 0.512 e. The summed E-state index contributed by atoms with van der Waals surface area (Å²) in [7, 11) is 0. The summed E-state index contributed by atoms with van der Waals surface area (Å²) in [6.45, 7) is 6.23. The Balaban J connectivity index is 4.86. The molecule has 20 heavy (non-hydrogen) atoms. The molecular formula is C15H25F3O2. The van der Waals surface area contributed by atoms with Crippen LogP contribution in [0.1, 0.15) is 53.4 Å². The average molecular weight is 294 g/mol. The fraction of sp³-hybridized carbons (Fsp3) is 0.800. The second-order valence-corrected chi connectivity index (χ2v) is 5.73. The van der Waals surface area contributed by atoms with E-state index in [1.54, 1.807) is 13.8 Å². The van der Waals surface area contributed by atoms with E-state index in [1.165, 1.54) is 13.8 Å². The molecule has 0 saturated carbocycles. The molecule has 0 aromatic carbocycles. The third-order valence-corrected chi connectivity index (χ3v) is 3.29. The van der Waals surface area contributed by atoms with E-state index in [0.717, 1.165) is 6.08 Å². The fourth-order valence-corrected chi connectivity index (χ4v) is 2.12. The maximum atomic E-state index is 13.6. The molecule has 118 valence electrons. The smallest absolute Gasteiger partial charge is 0.239 e. The first-order valence-electron chi connectivity index (χ1n) is 7.02. The van der Waals surface area contributed by atoms with E-state index in [1.807, 2.05) is 0 Å². The van der Waals surface area contributed by atoms with Crippen molar-refractivity contribution >= 4 is 5.78 Å². The number of halogens is 3. The van der Waals surface area contributed by atoms with Gasteiger partial charge in [-0.05, 0) is 33.1 Å². The van der Waals surface area contributed by atoms with Crippen molar-refractivity contribution in [3.8, 4) is 0 Å². The van der Waals surface area contributed by atoms with Crippen LogP contribution < -0.4 is 0 Å². The summed E-state index contributed by atoms with van der Waals surface area (Å²) >= 11 is 0. The van der Waals surface area contributed by atoms with E-state index in [9.17, 15) is 23.1 Å². The van der Waals surface area contributed by atoms with E-state index in [2.05, 4.69) is 0 Å². The lowest BCUT2D eigenvalue weighted by molar-refractivity contribution is -0.119. The highest BCUT2D eigenvalue weighted by molar-refractivity contribution is 5.92.